The van der Waals surface area contributed by atoms with Gasteiger partial charge in [-0.2, -0.15) is 0 Å². The molecule has 1 nitrogen and oxygen atoms in total. The number of benzene rings is 1. The van der Waals surface area contributed by atoms with Crippen LogP contribution >= 0.6 is 11.8 Å². The molecule has 0 amide bonds. The SMILES string of the molecule is CCC(CC)C(CSc1ccccc1C)NC. The molecule has 17 heavy (non-hydrogen) atoms. The van der Waals surface area contributed by atoms with Gasteiger partial charge in [0.1, 0.15) is 0 Å². The van der Waals surface area contributed by atoms with E-state index in [1.54, 1.807) is 0 Å². The standard InChI is InChI=1S/C15H25NS/c1-5-13(6-2)14(16-4)11-17-15-10-8-7-9-12(15)3/h7-10,13-14,16H,5-6,11H2,1-4H3. The summed E-state index contributed by atoms with van der Waals surface area (Å²) >= 11 is 1.98. The predicted octanol–water partition coefficient (Wildman–Crippen LogP) is 4.11. The molecule has 1 N–H and O–H groups in total. The second kappa shape index (κ2) is 7.78. The molecule has 0 aliphatic heterocycles. The lowest BCUT2D eigenvalue weighted by Crippen LogP contribution is -2.35. The lowest BCUT2D eigenvalue weighted by atomic mass is 9.96. The van der Waals surface area contributed by atoms with Gasteiger partial charge in [-0.1, -0.05) is 44.9 Å². The average molecular weight is 251 g/mol. The fourth-order valence-electron chi connectivity index (χ4n) is 2.21. The molecule has 0 aromatic heterocycles. The zero-order valence-electron chi connectivity index (χ0n) is 11.5. The largest absolute Gasteiger partial charge is 0.316 e. The van der Waals surface area contributed by atoms with Crippen molar-refractivity contribution in [2.45, 2.75) is 44.6 Å². The highest BCUT2D eigenvalue weighted by atomic mass is 32.2. The van der Waals surface area contributed by atoms with Crippen molar-refractivity contribution in [3.05, 3.63) is 29.8 Å². The number of hydrogen-bond donors (Lipinski definition) is 1. The number of thioether (sulfide) groups is 1. The molecule has 0 aliphatic rings. The van der Waals surface area contributed by atoms with Crippen molar-refractivity contribution < 1.29 is 0 Å². The van der Waals surface area contributed by atoms with E-state index in [1.807, 2.05) is 11.8 Å². The van der Waals surface area contributed by atoms with Gasteiger partial charge in [-0.3, -0.25) is 0 Å². The van der Waals surface area contributed by atoms with Crippen LogP contribution in [-0.2, 0) is 0 Å². The number of hydrogen-bond acceptors (Lipinski definition) is 2. The molecule has 96 valence electrons. The Labute approximate surface area is 110 Å². The summed E-state index contributed by atoms with van der Waals surface area (Å²) < 4.78 is 0. The summed E-state index contributed by atoms with van der Waals surface area (Å²) in [5, 5.41) is 3.47. The van der Waals surface area contributed by atoms with E-state index in [0.717, 1.165) is 11.7 Å². The molecule has 0 radical (unpaired) electrons. The van der Waals surface area contributed by atoms with Gasteiger partial charge in [0.25, 0.3) is 0 Å². The highest BCUT2D eigenvalue weighted by molar-refractivity contribution is 7.99. The van der Waals surface area contributed by atoms with Crippen LogP contribution in [0.15, 0.2) is 29.2 Å². The van der Waals surface area contributed by atoms with Crippen molar-refractivity contribution in [2.24, 2.45) is 5.92 Å². The summed E-state index contributed by atoms with van der Waals surface area (Å²) in [6.45, 7) is 6.77. The van der Waals surface area contributed by atoms with Crippen LogP contribution in [0.4, 0.5) is 0 Å². The van der Waals surface area contributed by atoms with Crippen LogP contribution in [0.5, 0.6) is 0 Å². The predicted molar refractivity (Wildman–Crippen MR) is 78.8 cm³/mol. The van der Waals surface area contributed by atoms with E-state index in [4.69, 9.17) is 0 Å². The fraction of sp³-hybridized carbons (Fsp3) is 0.600. The van der Waals surface area contributed by atoms with Crippen molar-refractivity contribution in [3.63, 3.8) is 0 Å². The van der Waals surface area contributed by atoms with Gasteiger partial charge in [-0.15, -0.1) is 11.8 Å². The van der Waals surface area contributed by atoms with Gasteiger partial charge >= 0.3 is 0 Å². The maximum absolute atomic E-state index is 3.47. The molecule has 0 heterocycles. The Morgan fingerprint density at radius 3 is 2.35 bits per heavy atom. The topological polar surface area (TPSA) is 12.0 Å². The van der Waals surface area contributed by atoms with Crippen molar-refractivity contribution in [3.8, 4) is 0 Å². The van der Waals surface area contributed by atoms with Crippen LogP contribution in [0.1, 0.15) is 32.3 Å². The van der Waals surface area contributed by atoms with Gasteiger partial charge in [0.2, 0.25) is 0 Å². The third-order valence-corrected chi connectivity index (χ3v) is 4.80. The van der Waals surface area contributed by atoms with Gasteiger partial charge < -0.3 is 5.32 Å². The number of rotatable bonds is 7. The van der Waals surface area contributed by atoms with Crippen molar-refractivity contribution in [1.29, 1.82) is 0 Å². The molecule has 1 rings (SSSR count). The highest BCUT2D eigenvalue weighted by Gasteiger charge is 2.16. The van der Waals surface area contributed by atoms with Crippen LogP contribution in [-0.4, -0.2) is 18.8 Å². The van der Waals surface area contributed by atoms with Crippen molar-refractivity contribution >= 4 is 11.8 Å². The monoisotopic (exact) mass is 251 g/mol. The van der Waals surface area contributed by atoms with Crippen molar-refractivity contribution in [1.82, 2.24) is 5.32 Å². The molecule has 0 aliphatic carbocycles. The van der Waals surface area contributed by atoms with E-state index >= 15 is 0 Å². The van der Waals surface area contributed by atoms with Crippen LogP contribution in [0.3, 0.4) is 0 Å². The molecule has 1 aromatic carbocycles. The minimum absolute atomic E-state index is 0.620. The molecule has 1 aromatic rings. The molecule has 0 spiro atoms. The molecule has 0 bridgehead atoms. The maximum Gasteiger partial charge on any atom is 0.0186 e. The summed E-state index contributed by atoms with van der Waals surface area (Å²) in [6, 6.07) is 9.26. The average Bonchev–Trinajstić information content (AvgIpc) is 2.36. The quantitative estimate of drug-likeness (QED) is 0.732. The number of nitrogens with one attached hydrogen (secondary N) is 1. The van der Waals surface area contributed by atoms with E-state index in [-0.39, 0.29) is 0 Å². The third kappa shape index (κ3) is 4.36. The zero-order valence-corrected chi connectivity index (χ0v) is 12.3. The van der Waals surface area contributed by atoms with E-state index in [2.05, 4.69) is 57.4 Å². The molecule has 0 fully saturated rings. The molecule has 0 saturated carbocycles. The molecule has 1 unspecified atom stereocenters. The van der Waals surface area contributed by atoms with E-state index in [1.165, 1.54) is 23.3 Å². The summed E-state index contributed by atoms with van der Waals surface area (Å²) in [5.41, 5.74) is 1.39. The fourth-order valence-corrected chi connectivity index (χ4v) is 3.48. The van der Waals surface area contributed by atoms with Crippen LogP contribution in [0.2, 0.25) is 0 Å². The molecule has 0 saturated heterocycles. The first kappa shape index (κ1) is 14.6. The van der Waals surface area contributed by atoms with Crippen LogP contribution in [0, 0.1) is 12.8 Å². The summed E-state index contributed by atoms with van der Waals surface area (Å²) in [4.78, 5) is 1.42. The highest BCUT2D eigenvalue weighted by Crippen LogP contribution is 2.25. The summed E-state index contributed by atoms with van der Waals surface area (Å²) in [6.07, 6.45) is 2.52. The Morgan fingerprint density at radius 1 is 1.18 bits per heavy atom. The maximum atomic E-state index is 3.47. The Kier molecular flexibility index (Phi) is 6.68. The first-order valence-corrected chi connectivity index (χ1v) is 7.57. The summed E-state index contributed by atoms with van der Waals surface area (Å²) in [7, 11) is 2.08. The Morgan fingerprint density at radius 2 is 1.82 bits per heavy atom. The Hall–Kier alpha value is -0.470. The van der Waals surface area contributed by atoms with Crippen LogP contribution < -0.4 is 5.32 Å². The Bertz CT molecular complexity index is 320. The lowest BCUT2D eigenvalue weighted by molar-refractivity contribution is 0.378. The van der Waals surface area contributed by atoms with Crippen LogP contribution in [0.25, 0.3) is 0 Å². The van der Waals surface area contributed by atoms with Gasteiger partial charge in [-0.05, 0) is 31.5 Å². The second-order valence-electron chi connectivity index (χ2n) is 4.55. The normalized spacial score (nSPS) is 13.0. The Balaban J connectivity index is 2.56. The smallest absolute Gasteiger partial charge is 0.0186 e. The summed E-state index contributed by atoms with van der Waals surface area (Å²) in [5.74, 6) is 1.95. The van der Waals surface area contributed by atoms with Crippen molar-refractivity contribution in [2.75, 3.05) is 12.8 Å². The van der Waals surface area contributed by atoms with Gasteiger partial charge in [0.05, 0.1) is 0 Å². The third-order valence-electron chi connectivity index (χ3n) is 3.50. The lowest BCUT2D eigenvalue weighted by Gasteiger charge is -2.24. The van der Waals surface area contributed by atoms with Gasteiger partial charge in [0, 0.05) is 16.7 Å². The number of aryl methyl sites for hydroxylation is 1. The second-order valence-corrected chi connectivity index (χ2v) is 5.61. The van der Waals surface area contributed by atoms with E-state index in [9.17, 15) is 0 Å². The molecule has 2 heteroatoms. The van der Waals surface area contributed by atoms with Gasteiger partial charge in [-0.25, -0.2) is 0 Å². The molecule has 1 atom stereocenters. The first-order chi connectivity index (χ1) is 8.22. The minimum Gasteiger partial charge on any atom is -0.316 e. The van der Waals surface area contributed by atoms with E-state index in [0.29, 0.717) is 6.04 Å². The zero-order chi connectivity index (χ0) is 12.7. The van der Waals surface area contributed by atoms with Gasteiger partial charge in [0.15, 0.2) is 0 Å². The molecular formula is C15H25NS. The first-order valence-electron chi connectivity index (χ1n) is 6.58. The molecular weight excluding hydrogens is 226 g/mol. The van der Waals surface area contributed by atoms with E-state index < -0.39 is 0 Å². The minimum atomic E-state index is 0.620.